The molecule has 4 rings (SSSR count). The summed E-state index contributed by atoms with van der Waals surface area (Å²) in [5.74, 6) is -0.0774. The van der Waals surface area contributed by atoms with Gasteiger partial charge in [-0.3, -0.25) is 14.2 Å². The van der Waals surface area contributed by atoms with Gasteiger partial charge in [-0.2, -0.15) is 0 Å². The van der Waals surface area contributed by atoms with Gasteiger partial charge in [-0.15, -0.1) is 0 Å². The quantitative estimate of drug-likeness (QED) is 0.633. The highest BCUT2D eigenvalue weighted by Gasteiger charge is 2.24. The average Bonchev–Trinajstić information content (AvgIpc) is 2.73. The summed E-state index contributed by atoms with van der Waals surface area (Å²) < 4.78 is 1.67. The summed E-state index contributed by atoms with van der Waals surface area (Å²) in [4.78, 5) is 31.7. The molecule has 1 amide bonds. The van der Waals surface area contributed by atoms with E-state index in [4.69, 9.17) is 11.6 Å². The van der Waals surface area contributed by atoms with E-state index in [1.54, 1.807) is 40.1 Å². The zero-order valence-electron chi connectivity index (χ0n) is 15.3. The third kappa shape index (κ3) is 3.71. The minimum atomic E-state index is -0.0774. The Labute approximate surface area is 167 Å². The van der Waals surface area contributed by atoms with E-state index in [2.05, 4.69) is 4.98 Å². The van der Waals surface area contributed by atoms with E-state index in [1.165, 1.54) is 0 Å². The molecule has 0 spiro atoms. The third-order valence-electron chi connectivity index (χ3n) is 5.10. The van der Waals surface area contributed by atoms with Crippen molar-refractivity contribution in [2.45, 2.75) is 18.9 Å². The fraction of sp³-hybridized carbons (Fsp3) is 0.227. The van der Waals surface area contributed by atoms with E-state index in [0.29, 0.717) is 29.0 Å². The van der Waals surface area contributed by atoms with Crippen LogP contribution in [-0.2, 0) is 4.79 Å². The molecule has 1 aliphatic rings. The van der Waals surface area contributed by atoms with Crippen molar-refractivity contribution in [3.63, 3.8) is 0 Å². The van der Waals surface area contributed by atoms with E-state index in [1.807, 2.05) is 36.4 Å². The molecule has 1 saturated heterocycles. The maximum atomic E-state index is 12.8. The van der Waals surface area contributed by atoms with Crippen LogP contribution < -0.4 is 5.56 Å². The van der Waals surface area contributed by atoms with Crippen LogP contribution in [0.5, 0.6) is 0 Å². The molecule has 1 aliphatic heterocycles. The zero-order valence-corrected chi connectivity index (χ0v) is 16.0. The fourth-order valence-electron chi connectivity index (χ4n) is 3.60. The molecule has 0 aliphatic carbocycles. The molecular weight excluding hydrogens is 374 g/mol. The summed E-state index contributed by atoms with van der Waals surface area (Å²) in [5.41, 5.74) is 1.44. The number of nitrogens with zero attached hydrogens (tertiary/aromatic N) is 3. The van der Waals surface area contributed by atoms with Crippen molar-refractivity contribution in [1.29, 1.82) is 0 Å². The summed E-state index contributed by atoms with van der Waals surface area (Å²) in [6.07, 6.45) is 6.57. The third-order valence-corrected chi connectivity index (χ3v) is 5.45. The van der Waals surface area contributed by atoms with E-state index < -0.39 is 0 Å². The second-order valence-electron chi connectivity index (χ2n) is 6.91. The highest BCUT2D eigenvalue weighted by molar-refractivity contribution is 6.32. The Morgan fingerprint density at radius 2 is 1.93 bits per heavy atom. The molecule has 0 bridgehead atoms. The second kappa shape index (κ2) is 7.98. The number of hydrogen-bond acceptors (Lipinski definition) is 3. The molecule has 5 nitrogen and oxygen atoms in total. The molecule has 2 aromatic carbocycles. The lowest BCUT2D eigenvalue weighted by Crippen LogP contribution is -2.42. The first-order valence-corrected chi connectivity index (χ1v) is 9.68. The number of carbonyl (C=O) groups is 1. The van der Waals surface area contributed by atoms with E-state index in [0.717, 1.165) is 18.4 Å². The van der Waals surface area contributed by atoms with Crippen LogP contribution >= 0.6 is 11.6 Å². The Morgan fingerprint density at radius 1 is 1.14 bits per heavy atom. The van der Waals surface area contributed by atoms with Crippen molar-refractivity contribution in [2.75, 3.05) is 13.1 Å². The number of rotatable bonds is 3. The lowest BCUT2D eigenvalue weighted by Gasteiger charge is -2.33. The maximum absolute atomic E-state index is 12.8. The minimum absolute atomic E-state index is 0.0588. The molecule has 1 fully saturated rings. The summed E-state index contributed by atoms with van der Waals surface area (Å²) in [6.45, 7) is 1.17. The molecule has 0 saturated carbocycles. The van der Waals surface area contributed by atoms with E-state index in [-0.39, 0.29) is 17.5 Å². The SMILES string of the molecule is O=C(/C=C/c1ccccc1Cl)N1CCC[C@@H](n2cnc3ccccc3c2=O)C1. The van der Waals surface area contributed by atoms with Gasteiger partial charge in [0.1, 0.15) is 0 Å². The number of aromatic nitrogens is 2. The van der Waals surface area contributed by atoms with Gasteiger partial charge in [0.2, 0.25) is 5.91 Å². The molecule has 28 heavy (non-hydrogen) atoms. The van der Waals surface area contributed by atoms with Crippen LogP contribution in [0.4, 0.5) is 0 Å². The molecule has 142 valence electrons. The number of likely N-dealkylation sites (tertiary alicyclic amines) is 1. The smallest absolute Gasteiger partial charge is 0.261 e. The highest BCUT2D eigenvalue weighted by Crippen LogP contribution is 2.22. The number of amides is 1. The molecule has 6 heteroatoms. The van der Waals surface area contributed by atoms with Gasteiger partial charge < -0.3 is 4.90 Å². The van der Waals surface area contributed by atoms with Crippen LogP contribution in [0.1, 0.15) is 24.4 Å². The fourth-order valence-corrected chi connectivity index (χ4v) is 3.80. The van der Waals surface area contributed by atoms with Crippen molar-refractivity contribution in [3.05, 3.63) is 81.9 Å². The number of para-hydroxylation sites is 1. The van der Waals surface area contributed by atoms with Crippen LogP contribution in [0.2, 0.25) is 5.02 Å². The number of halogens is 1. The van der Waals surface area contributed by atoms with Crippen LogP contribution in [0, 0.1) is 0 Å². The molecule has 0 unspecified atom stereocenters. The Kier molecular flexibility index (Phi) is 5.26. The van der Waals surface area contributed by atoms with E-state index in [9.17, 15) is 9.59 Å². The molecule has 3 aromatic rings. The van der Waals surface area contributed by atoms with Gasteiger partial charge in [0.05, 0.1) is 23.3 Å². The van der Waals surface area contributed by atoms with Crippen molar-refractivity contribution in [1.82, 2.24) is 14.5 Å². The lowest BCUT2D eigenvalue weighted by atomic mass is 10.0. The van der Waals surface area contributed by atoms with Gasteiger partial charge in [0.25, 0.3) is 5.56 Å². The minimum Gasteiger partial charge on any atom is -0.337 e. The van der Waals surface area contributed by atoms with Crippen molar-refractivity contribution < 1.29 is 4.79 Å². The van der Waals surface area contributed by atoms with Crippen LogP contribution in [0.25, 0.3) is 17.0 Å². The number of fused-ring (bicyclic) bond motifs is 1. The summed E-state index contributed by atoms with van der Waals surface area (Å²) in [6, 6.07) is 14.6. The molecule has 0 radical (unpaired) electrons. The van der Waals surface area contributed by atoms with Gasteiger partial charge in [-0.05, 0) is 42.7 Å². The van der Waals surface area contributed by atoms with Crippen molar-refractivity contribution in [2.24, 2.45) is 0 Å². The molecule has 1 atom stereocenters. The maximum Gasteiger partial charge on any atom is 0.261 e. The number of carbonyl (C=O) groups excluding carboxylic acids is 1. The number of piperidine rings is 1. The largest absolute Gasteiger partial charge is 0.337 e. The molecule has 1 aromatic heterocycles. The first kappa shape index (κ1) is 18.4. The van der Waals surface area contributed by atoms with Crippen LogP contribution in [0.3, 0.4) is 0 Å². The predicted molar refractivity (Wildman–Crippen MR) is 111 cm³/mol. The summed E-state index contributed by atoms with van der Waals surface area (Å²) in [7, 11) is 0. The standard InChI is InChI=1S/C22H20ClN3O2/c23-19-9-3-1-6-16(19)11-12-21(27)25-13-5-7-17(14-25)26-15-24-20-10-4-2-8-18(20)22(26)28/h1-4,6,8-12,15,17H,5,7,13-14H2/b12-11+/t17-/m1/s1. The summed E-state index contributed by atoms with van der Waals surface area (Å²) >= 11 is 6.14. The normalized spacial score (nSPS) is 17.3. The Morgan fingerprint density at radius 3 is 2.79 bits per heavy atom. The Bertz CT molecular complexity index is 1110. The van der Waals surface area contributed by atoms with Crippen molar-refractivity contribution >= 4 is 34.5 Å². The molecule has 0 N–H and O–H groups in total. The van der Waals surface area contributed by atoms with Gasteiger partial charge in [-0.25, -0.2) is 4.98 Å². The average molecular weight is 394 g/mol. The second-order valence-corrected chi connectivity index (χ2v) is 7.32. The predicted octanol–water partition coefficient (Wildman–Crippen LogP) is 3.93. The van der Waals surface area contributed by atoms with E-state index >= 15 is 0 Å². The zero-order chi connectivity index (χ0) is 19.5. The van der Waals surface area contributed by atoms with Gasteiger partial charge in [0, 0.05) is 24.2 Å². The Hall–Kier alpha value is -2.92. The number of hydrogen-bond donors (Lipinski definition) is 0. The van der Waals surface area contributed by atoms with Gasteiger partial charge >= 0.3 is 0 Å². The highest BCUT2D eigenvalue weighted by atomic mass is 35.5. The van der Waals surface area contributed by atoms with Gasteiger partial charge in [0.15, 0.2) is 0 Å². The number of benzene rings is 2. The summed E-state index contributed by atoms with van der Waals surface area (Å²) in [5, 5.41) is 1.21. The monoisotopic (exact) mass is 393 g/mol. The van der Waals surface area contributed by atoms with Crippen LogP contribution in [-0.4, -0.2) is 33.4 Å². The Balaban J connectivity index is 1.53. The van der Waals surface area contributed by atoms with Crippen LogP contribution in [0.15, 0.2) is 65.7 Å². The van der Waals surface area contributed by atoms with Gasteiger partial charge in [-0.1, -0.05) is 41.9 Å². The first-order valence-electron chi connectivity index (χ1n) is 9.31. The first-order chi connectivity index (χ1) is 13.6. The lowest BCUT2D eigenvalue weighted by molar-refractivity contribution is -0.127. The van der Waals surface area contributed by atoms with Crippen molar-refractivity contribution in [3.8, 4) is 0 Å². The molecule has 2 heterocycles. The topological polar surface area (TPSA) is 55.2 Å². The molecular formula is C22H20ClN3O2.